The SMILES string of the molecule is Cc1nn(-c2cccc(Cl)c2)nc1C(=O)Nc1ccc(N2CCNC(=O)C2)cc1. The van der Waals surface area contributed by atoms with Crippen molar-refractivity contribution < 1.29 is 9.59 Å². The summed E-state index contributed by atoms with van der Waals surface area (Å²) in [5.41, 5.74) is 2.99. The summed E-state index contributed by atoms with van der Waals surface area (Å²) in [6.45, 7) is 3.44. The number of nitrogens with zero attached hydrogens (tertiary/aromatic N) is 4. The molecule has 0 aliphatic carbocycles. The first kappa shape index (κ1) is 18.9. The van der Waals surface area contributed by atoms with Gasteiger partial charge >= 0.3 is 0 Å². The lowest BCUT2D eigenvalue weighted by atomic mass is 10.2. The van der Waals surface area contributed by atoms with E-state index in [0.29, 0.717) is 35.2 Å². The largest absolute Gasteiger partial charge is 0.360 e. The molecule has 2 aromatic carbocycles. The number of anilines is 2. The number of amides is 2. The van der Waals surface area contributed by atoms with Gasteiger partial charge < -0.3 is 15.5 Å². The zero-order valence-electron chi connectivity index (χ0n) is 15.7. The summed E-state index contributed by atoms with van der Waals surface area (Å²) in [7, 11) is 0. The van der Waals surface area contributed by atoms with E-state index in [0.717, 1.165) is 12.2 Å². The standard InChI is InChI=1S/C20H19ClN6O2/c1-13-19(25-27(24-13)17-4-2-3-14(21)11-17)20(29)23-15-5-7-16(8-6-15)26-10-9-22-18(28)12-26/h2-8,11H,9-10,12H2,1H3,(H,22,28)(H,23,29). The predicted octanol–water partition coefficient (Wildman–Crippen LogP) is 2.42. The van der Waals surface area contributed by atoms with Gasteiger partial charge in [-0.15, -0.1) is 5.10 Å². The molecular formula is C20H19ClN6O2. The zero-order chi connectivity index (χ0) is 20.4. The number of hydrogen-bond acceptors (Lipinski definition) is 5. The molecule has 148 valence electrons. The lowest BCUT2D eigenvalue weighted by Gasteiger charge is -2.28. The topological polar surface area (TPSA) is 92.2 Å². The molecule has 29 heavy (non-hydrogen) atoms. The average molecular weight is 411 g/mol. The van der Waals surface area contributed by atoms with Crippen LogP contribution >= 0.6 is 11.6 Å². The van der Waals surface area contributed by atoms with Gasteiger partial charge in [0.25, 0.3) is 5.91 Å². The second-order valence-corrected chi connectivity index (χ2v) is 7.11. The van der Waals surface area contributed by atoms with Crippen LogP contribution in [0.3, 0.4) is 0 Å². The maximum atomic E-state index is 12.7. The Kier molecular flexibility index (Phi) is 5.18. The Hall–Kier alpha value is -3.39. The van der Waals surface area contributed by atoms with Crippen molar-refractivity contribution >= 4 is 34.8 Å². The van der Waals surface area contributed by atoms with Crippen molar-refractivity contribution in [3.05, 3.63) is 64.9 Å². The second-order valence-electron chi connectivity index (χ2n) is 6.68. The molecule has 1 aromatic heterocycles. The van der Waals surface area contributed by atoms with E-state index in [1.165, 1.54) is 4.80 Å². The Morgan fingerprint density at radius 1 is 1.14 bits per heavy atom. The Morgan fingerprint density at radius 3 is 2.66 bits per heavy atom. The molecule has 0 radical (unpaired) electrons. The van der Waals surface area contributed by atoms with Crippen molar-refractivity contribution in [2.75, 3.05) is 29.9 Å². The van der Waals surface area contributed by atoms with Gasteiger partial charge in [0, 0.05) is 29.5 Å². The summed E-state index contributed by atoms with van der Waals surface area (Å²) in [5, 5.41) is 14.8. The highest BCUT2D eigenvalue weighted by Gasteiger charge is 2.18. The van der Waals surface area contributed by atoms with Crippen molar-refractivity contribution in [1.82, 2.24) is 20.3 Å². The molecule has 0 bridgehead atoms. The molecule has 1 fully saturated rings. The Labute approximate surface area is 172 Å². The third-order valence-corrected chi connectivity index (χ3v) is 4.80. The van der Waals surface area contributed by atoms with Crippen molar-refractivity contribution in [2.24, 2.45) is 0 Å². The number of aromatic nitrogens is 3. The number of hydrogen-bond donors (Lipinski definition) is 2. The second kappa shape index (κ2) is 7.92. The van der Waals surface area contributed by atoms with Crippen molar-refractivity contribution in [3.8, 4) is 5.69 Å². The van der Waals surface area contributed by atoms with Crippen LogP contribution in [0.5, 0.6) is 0 Å². The van der Waals surface area contributed by atoms with Crippen LogP contribution < -0.4 is 15.5 Å². The van der Waals surface area contributed by atoms with Crippen LogP contribution in [0, 0.1) is 6.92 Å². The van der Waals surface area contributed by atoms with Gasteiger partial charge in [0.1, 0.15) is 0 Å². The monoisotopic (exact) mass is 410 g/mol. The molecule has 0 unspecified atom stereocenters. The van der Waals surface area contributed by atoms with E-state index in [2.05, 4.69) is 20.8 Å². The number of piperazine rings is 1. The number of carbonyl (C=O) groups excluding carboxylic acids is 2. The van der Waals surface area contributed by atoms with Gasteiger partial charge in [-0.25, -0.2) is 0 Å². The van der Waals surface area contributed by atoms with Gasteiger partial charge in [-0.05, 0) is 49.4 Å². The molecule has 1 saturated heterocycles. The zero-order valence-corrected chi connectivity index (χ0v) is 16.5. The molecule has 1 aliphatic rings. The minimum Gasteiger partial charge on any atom is -0.360 e. The quantitative estimate of drug-likeness (QED) is 0.689. The van der Waals surface area contributed by atoms with E-state index in [9.17, 15) is 9.59 Å². The van der Waals surface area contributed by atoms with E-state index in [-0.39, 0.29) is 17.5 Å². The van der Waals surface area contributed by atoms with Crippen molar-refractivity contribution in [3.63, 3.8) is 0 Å². The Bertz CT molecular complexity index is 1060. The third-order valence-electron chi connectivity index (χ3n) is 4.57. The minimum absolute atomic E-state index is 0.00638. The van der Waals surface area contributed by atoms with Gasteiger partial charge in [0.05, 0.1) is 17.9 Å². The summed E-state index contributed by atoms with van der Waals surface area (Å²) in [6, 6.07) is 14.5. The summed E-state index contributed by atoms with van der Waals surface area (Å²) in [6.07, 6.45) is 0. The first-order valence-corrected chi connectivity index (χ1v) is 9.50. The maximum Gasteiger partial charge on any atom is 0.278 e. The van der Waals surface area contributed by atoms with Crippen LogP contribution in [0.25, 0.3) is 5.69 Å². The molecule has 8 nitrogen and oxygen atoms in total. The number of aryl methyl sites for hydroxylation is 1. The lowest BCUT2D eigenvalue weighted by Crippen LogP contribution is -2.47. The van der Waals surface area contributed by atoms with Gasteiger partial charge in [-0.2, -0.15) is 9.90 Å². The smallest absolute Gasteiger partial charge is 0.278 e. The Morgan fingerprint density at radius 2 is 1.93 bits per heavy atom. The number of halogens is 1. The van der Waals surface area contributed by atoms with Crippen LogP contribution in [0.15, 0.2) is 48.5 Å². The van der Waals surface area contributed by atoms with Crippen LogP contribution in [0.1, 0.15) is 16.2 Å². The first-order valence-electron chi connectivity index (χ1n) is 9.12. The van der Waals surface area contributed by atoms with Gasteiger partial charge in [-0.1, -0.05) is 17.7 Å². The molecule has 0 spiro atoms. The van der Waals surface area contributed by atoms with Gasteiger partial charge in [-0.3, -0.25) is 9.59 Å². The highest BCUT2D eigenvalue weighted by Crippen LogP contribution is 2.20. The first-order chi connectivity index (χ1) is 14.0. The fraction of sp³-hybridized carbons (Fsp3) is 0.200. The molecule has 9 heteroatoms. The highest BCUT2D eigenvalue weighted by molar-refractivity contribution is 6.30. The third kappa shape index (κ3) is 4.22. The molecule has 4 rings (SSSR count). The fourth-order valence-corrected chi connectivity index (χ4v) is 3.29. The molecule has 2 amide bonds. The van der Waals surface area contributed by atoms with E-state index in [1.807, 2.05) is 23.1 Å². The average Bonchev–Trinajstić information content (AvgIpc) is 3.10. The van der Waals surface area contributed by atoms with Crippen LogP contribution in [-0.4, -0.2) is 46.4 Å². The number of rotatable bonds is 4. The normalized spacial score (nSPS) is 13.9. The number of nitrogens with one attached hydrogen (secondary N) is 2. The van der Waals surface area contributed by atoms with E-state index in [1.54, 1.807) is 37.3 Å². The lowest BCUT2D eigenvalue weighted by molar-refractivity contribution is -0.120. The van der Waals surface area contributed by atoms with E-state index < -0.39 is 0 Å². The molecule has 0 saturated carbocycles. The Balaban J connectivity index is 1.47. The molecular weight excluding hydrogens is 392 g/mol. The van der Waals surface area contributed by atoms with Crippen LogP contribution in [0.2, 0.25) is 5.02 Å². The van der Waals surface area contributed by atoms with Crippen LogP contribution in [0.4, 0.5) is 11.4 Å². The number of carbonyl (C=O) groups is 2. The predicted molar refractivity (Wildman–Crippen MR) is 111 cm³/mol. The molecule has 3 aromatic rings. The fourth-order valence-electron chi connectivity index (χ4n) is 3.11. The summed E-state index contributed by atoms with van der Waals surface area (Å²) in [4.78, 5) is 27.6. The molecule has 0 atom stereocenters. The van der Waals surface area contributed by atoms with E-state index >= 15 is 0 Å². The van der Waals surface area contributed by atoms with Crippen molar-refractivity contribution in [2.45, 2.75) is 6.92 Å². The summed E-state index contributed by atoms with van der Waals surface area (Å²) in [5.74, 6) is -0.340. The molecule has 2 N–H and O–H groups in total. The summed E-state index contributed by atoms with van der Waals surface area (Å²) >= 11 is 6.01. The summed E-state index contributed by atoms with van der Waals surface area (Å²) < 4.78 is 0. The highest BCUT2D eigenvalue weighted by atomic mass is 35.5. The number of benzene rings is 2. The van der Waals surface area contributed by atoms with E-state index in [4.69, 9.17) is 11.6 Å². The molecule has 2 heterocycles. The van der Waals surface area contributed by atoms with Crippen LogP contribution in [-0.2, 0) is 4.79 Å². The van der Waals surface area contributed by atoms with Crippen molar-refractivity contribution in [1.29, 1.82) is 0 Å². The minimum atomic E-state index is -0.346. The molecule has 1 aliphatic heterocycles. The maximum absolute atomic E-state index is 12.7. The van der Waals surface area contributed by atoms with Gasteiger partial charge in [0.15, 0.2) is 5.69 Å². The van der Waals surface area contributed by atoms with Gasteiger partial charge in [0.2, 0.25) is 5.91 Å².